The second-order valence-electron chi connectivity index (χ2n) is 2.40. The highest BCUT2D eigenvalue weighted by atomic mass is 15.3. The highest BCUT2D eigenvalue weighted by Crippen LogP contribution is 1.85. The van der Waals surface area contributed by atoms with Crippen molar-refractivity contribution in [2.45, 2.75) is 6.54 Å². The molecule has 0 aromatic carbocycles. The topological polar surface area (TPSA) is 93.1 Å². The molecule has 0 aliphatic rings. The van der Waals surface area contributed by atoms with Gasteiger partial charge in [-0.1, -0.05) is 0 Å². The first-order valence-electron chi connectivity index (χ1n) is 3.78. The van der Waals surface area contributed by atoms with Crippen LogP contribution in [0.4, 0.5) is 0 Å². The number of guanidine groups is 1. The highest BCUT2D eigenvalue weighted by molar-refractivity contribution is 5.78. The smallest absolute Gasteiger partial charge is 0.205 e. The minimum atomic E-state index is 0.498. The first-order chi connectivity index (χ1) is 6.26. The molecule has 0 bridgehead atoms. The quantitative estimate of drug-likeness (QED) is 0.221. The summed E-state index contributed by atoms with van der Waals surface area (Å²) in [4.78, 5) is 7.86. The highest BCUT2D eigenvalue weighted by Gasteiger charge is 1.99. The van der Waals surface area contributed by atoms with Gasteiger partial charge in [-0.2, -0.15) is 5.10 Å². The molecule has 0 amide bonds. The van der Waals surface area contributed by atoms with Crippen molar-refractivity contribution in [3.05, 3.63) is 12.2 Å². The molecule has 0 spiro atoms. The standard InChI is InChI=1S/C6H13N7/c1-8-6(11-7)9-3-5-10-4-13(2)12-5/h4H,3,7H2,1-2H3,(H2,8,9,11). The number of aryl methyl sites for hydroxylation is 1. The molecule has 7 heteroatoms. The average Bonchev–Trinajstić information content (AvgIpc) is 2.53. The summed E-state index contributed by atoms with van der Waals surface area (Å²) < 4.78 is 1.63. The molecule has 1 heterocycles. The fraction of sp³-hybridized carbons (Fsp3) is 0.500. The SMILES string of the molecule is CN=C(NN)NCc1ncn(C)n1. The van der Waals surface area contributed by atoms with E-state index in [0.29, 0.717) is 18.3 Å². The lowest BCUT2D eigenvalue weighted by Gasteiger charge is -2.04. The van der Waals surface area contributed by atoms with E-state index in [0.717, 1.165) is 0 Å². The Morgan fingerprint density at radius 3 is 3.00 bits per heavy atom. The Balaban J connectivity index is 2.43. The number of hydrogen-bond acceptors (Lipinski definition) is 4. The summed E-state index contributed by atoms with van der Waals surface area (Å²) in [6.07, 6.45) is 1.63. The summed E-state index contributed by atoms with van der Waals surface area (Å²) >= 11 is 0. The largest absolute Gasteiger partial charge is 0.348 e. The van der Waals surface area contributed by atoms with Gasteiger partial charge in [-0.3, -0.25) is 15.1 Å². The van der Waals surface area contributed by atoms with Crippen molar-refractivity contribution >= 4 is 5.96 Å². The Labute approximate surface area is 76.0 Å². The van der Waals surface area contributed by atoms with Crippen molar-refractivity contribution in [1.29, 1.82) is 0 Å². The van der Waals surface area contributed by atoms with E-state index < -0.39 is 0 Å². The zero-order chi connectivity index (χ0) is 9.68. The van der Waals surface area contributed by atoms with Crippen LogP contribution < -0.4 is 16.6 Å². The molecule has 0 unspecified atom stereocenters. The molecule has 1 rings (SSSR count). The van der Waals surface area contributed by atoms with Crippen LogP contribution in [0.2, 0.25) is 0 Å². The van der Waals surface area contributed by atoms with Gasteiger partial charge < -0.3 is 5.32 Å². The van der Waals surface area contributed by atoms with Gasteiger partial charge in [-0.25, -0.2) is 10.8 Å². The van der Waals surface area contributed by atoms with E-state index in [4.69, 9.17) is 5.84 Å². The third kappa shape index (κ3) is 2.71. The maximum Gasteiger partial charge on any atom is 0.205 e. The maximum atomic E-state index is 5.16. The van der Waals surface area contributed by atoms with Crippen LogP contribution in [0.25, 0.3) is 0 Å². The normalized spacial score (nSPS) is 11.5. The molecule has 0 radical (unpaired) electrons. The van der Waals surface area contributed by atoms with Crippen LogP contribution >= 0.6 is 0 Å². The molecule has 0 saturated carbocycles. The lowest BCUT2D eigenvalue weighted by Crippen LogP contribution is -2.41. The molecule has 7 nitrogen and oxygen atoms in total. The minimum absolute atomic E-state index is 0.498. The monoisotopic (exact) mass is 183 g/mol. The molecule has 0 saturated heterocycles. The predicted octanol–water partition coefficient (Wildman–Crippen LogP) is -1.65. The maximum absolute atomic E-state index is 5.16. The zero-order valence-electron chi connectivity index (χ0n) is 7.65. The lowest BCUT2D eigenvalue weighted by atomic mass is 10.6. The molecule has 72 valence electrons. The molecule has 1 aromatic rings. The second-order valence-corrected chi connectivity index (χ2v) is 2.40. The molecule has 13 heavy (non-hydrogen) atoms. The Hall–Kier alpha value is -1.63. The van der Waals surface area contributed by atoms with Crippen LogP contribution in [0.15, 0.2) is 11.3 Å². The number of rotatable bonds is 2. The van der Waals surface area contributed by atoms with E-state index in [9.17, 15) is 0 Å². The van der Waals surface area contributed by atoms with Gasteiger partial charge in [0.2, 0.25) is 5.96 Å². The molecular weight excluding hydrogens is 170 g/mol. The summed E-state index contributed by atoms with van der Waals surface area (Å²) in [7, 11) is 3.44. The van der Waals surface area contributed by atoms with Gasteiger partial charge in [-0.05, 0) is 0 Å². The molecule has 0 atom stereocenters. The van der Waals surface area contributed by atoms with Crippen molar-refractivity contribution in [2.75, 3.05) is 7.05 Å². The van der Waals surface area contributed by atoms with E-state index in [1.165, 1.54) is 0 Å². The molecule has 0 aliphatic carbocycles. The molecule has 0 fully saturated rings. The third-order valence-corrected chi connectivity index (χ3v) is 1.42. The summed E-state index contributed by atoms with van der Waals surface area (Å²) in [6, 6.07) is 0. The van der Waals surface area contributed by atoms with E-state index in [-0.39, 0.29) is 0 Å². The Bertz CT molecular complexity index is 289. The van der Waals surface area contributed by atoms with Crippen molar-refractivity contribution in [3.8, 4) is 0 Å². The van der Waals surface area contributed by atoms with Gasteiger partial charge in [0.15, 0.2) is 5.82 Å². The zero-order valence-corrected chi connectivity index (χ0v) is 7.65. The fourth-order valence-corrected chi connectivity index (χ4v) is 0.822. The molecule has 0 aliphatic heterocycles. The molecule has 4 N–H and O–H groups in total. The molecule has 1 aromatic heterocycles. The van der Waals surface area contributed by atoms with Gasteiger partial charge in [0.1, 0.15) is 6.33 Å². The van der Waals surface area contributed by atoms with E-state index in [2.05, 4.69) is 25.8 Å². The van der Waals surface area contributed by atoms with Crippen molar-refractivity contribution in [2.24, 2.45) is 17.9 Å². The van der Waals surface area contributed by atoms with Gasteiger partial charge in [0.05, 0.1) is 6.54 Å². The van der Waals surface area contributed by atoms with Crippen LogP contribution in [0.3, 0.4) is 0 Å². The Kier molecular flexibility index (Phi) is 3.21. The van der Waals surface area contributed by atoms with Crippen molar-refractivity contribution in [1.82, 2.24) is 25.5 Å². The van der Waals surface area contributed by atoms with Crippen molar-refractivity contribution in [3.63, 3.8) is 0 Å². The number of aromatic nitrogens is 3. The number of nitrogens with one attached hydrogen (secondary N) is 2. The van der Waals surface area contributed by atoms with Gasteiger partial charge in [0.25, 0.3) is 0 Å². The Morgan fingerprint density at radius 1 is 1.77 bits per heavy atom. The number of aliphatic imine (C=N–C) groups is 1. The summed E-state index contributed by atoms with van der Waals surface area (Å²) in [5, 5.41) is 6.99. The number of hydrogen-bond donors (Lipinski definition) is 3. The van der Waals surface area contributed by atoms with E-state index in [1.54, 1.807) is 18.1 Å². The fourth-order valence-electron chi connectivity index (χ4n) is 0.822. The lowest BCUT2D eigenvalue weighted by molar-refractivity contribution is 0.722. The number of nitrogens with two attached hydrogens (primary N) is 1. The van der Waals surface area contributed by atoms with Gasteiger partial charge in [-0.15, -0.1) is 0 Å². The summed E-state index contributed by atoms with van der Waals surface area (Å²) in [5.74, 6) is 6.36. The first-order valence-corrected chi connectivity index (χ1v) is 3.78. The first kappa shape index (κ1) is 9.46. The van der Waals surface area contributed by atoms with Gasteiger partial charge in [0, 0.05) is 14.1 Å². The second kappa shape index (κ2) is 4.41. The van der Waals surface area contributed by atoms with E-state index >= 15 is 0 Å². The average molecular weight is 183 g/mol. The van der Waals surface area contributed by atoms with Crippen molar-refractivity contribution < 1.29 is 0 Å². The Morgan fingerprint density at radius 2 is 2.54 bits per heavy atom. The van der Waals surface area contributed by atoms with Crippen LogP contribution in [0.5, 0.6) is 0 Å². The molecular formula is C6H13N7. The van der Waals surface area contributed by atoms with Crippen LogP contribution in [-0.4, -0.2) is 27.8 Å². The number of hydrazine groups is 1. The van der Waals surface area contributed by atoms with Crippen LogP contribution in [0.1, 0.15) is 5.82 Å². The van der Waals surface area contributed by atoms with Crippen LogP contribution in [0, 0.1) is 0 Å². The summed E-state index contributed by atoms with van der Waals surface area (Å²) in [6.45, 7) is 0.498. The van der Waals surface area contributed by atoms with E-state index in [1.807, 2.05) is 7.05 Å². The number of nitrogens with zero attached hydrogens (tertiary/aromatic N) is 4. The van der Waals surface area contributed by atoms with Gasteiger partial charge >= 0.3 is 0 Å². The third-order valence-electron chi connectivity index (χ3n) is 1.42. The minimum Gasteiger partial charge on any atom is -0.348 e. The predicted molar refractivity (Wildman–Crippen MR) is 48.5 cm³/mol. The summed E-state index contributed by atoms with van der Waals surface area (Å²) in [5.41, 5.74) is 2.41. The van der Waals surface area contributed by atoms with Crippen LogP contribution in [-0.2, 0) is 13.6 Å².